The van der Waals surface area contributed by atoms with Crippen LogP contribution in [-0.4, -0.2) is 11.4 Å². The number of rotatable bonds is 3. The van der Waals surface area contributed by atoms with Crippen molar-refractivity contribution in [2.24, 2.45) is 0 Å². The zero-order valence-electron chi connectivity index (χ0n) is 6.35. The molecule has 0 atom stereocenters. The molecule has 0 aliphatic carbocycles. The van der Waals surface area contributed by atoms with E-state index in [4.69, 9.17) is 0 Å². The average Bonchev–Trinajstić information content (AvgIpc) is 2.37. The van der Waals surface area contributed by atoms with Gasteiger partial charge in [-0.05, 0) is 31.1 Å². The Bertz CT molecular complexity index is 195. The van der Waals surface area contributed by atoms with Gasteiger partial charge >= 0.3 is 0 Å². The smallest absolute Gasteiger partial charge is 0.0682 e. The van der Waals surface area contributed by atoms with Gasteiger partial charge in [-0.15, -0.1) is 0 Å². The van der Waals surface area contributed by atoms with Gasteiger partial charge in [0.25, 0.3) is 0 Å². The molecule has 0 unspecified atom stereocenters. The highest BCUT2D eigenvalue weighted by Gasteiger charge is 1.96. The average molecular weight is 156 g/mol. The quantitative estimate of drug-likeness (QED) is 0.716. The number of aryl methyl sites for hydroxylation is 1. The summed E-state index contributed by atoms with van der Waals surface area (Å²) in [6.07, 6.45) is 1.10. The second-order valence-corrected chi connectivity index (χ2v) is 3.06. The number of nitrogens with one attached hydrogen (secondary N) is 1. The Morgan fingerprint density at radius 1 is 1.70 bits per heavy atom. The molecule has 0 saturated carbocycles. The van der Waals surface area contributed by atoms with Gasteiger partial charge in [-0.25, -0.2) is 0 Å². The molecule has 1 aromatic rings. The van der Waals surface area contributed by atoms with Crippen LogP contribution in [0, 0.1) is 0 Å². The third kappa shape index (κ3) is 1.78. The molecule has 10 heavy (non-hydrogen) atoms. The lowest BCUT2D eigenvalue weighted by Crippen LogP contribution is -2.04. The maximum absolute atomic E-state index is 4.26. The maximum Gasteiger partial charge on any atom is 0.0682 e. The third-order valence-electron chi connectivity index (χ3n) is 1.31. The Hall–Kier alpha value is -0.410. The molecule has 0 fully saturated rings. The van der Waals surface area contributed by atoms with Gasteiger partial charge in [0.15, 0.2) is 0 Å². The van der Waals surface area contributed by atoms with E-state index in [0.717, 1.165) is 18.7 Å². The third-order valence-corrected chi connectivity index (χ3v) is 2.28. The van der Waals surface area contributed by atoms with Crippen LogP contribution in [0.3, 0.4) is 0 Å². The van der Waals surface area contributed by atoms with Crippen molar-refractivity contribution in [2.45, 2.75) is 19.9 Å². The Balaban J connectivity index is 2.59. The first-order valence-electron chi connectivity index (χ1n) is 3.46. The fourth-order valence-corrected chi connectivity index (χ4v) is 1.46. The van der Waals surface area contributed by atoms with Crippen molar-refractivity contribution < 1.29 is 0 Å². The van der Waals surface area contributed by atoms with E-state index in [2.05, 4.69) is 22.7 Å². The number of hydrogen-bond acceptors (Lipinski definition) is 3. The summed E-state index contributed by atoms with van der Waals surface area (Å²) in [7, 11) is 1.94. The molecule has 1 N–H and O–H groups in total. The van der Waals surface area contributed by atoms with Crippen LogP contribution in [0.2, 0.25) is 0 Å². The minimum absolute atomic E-state index is 0.885. The van der Waals surface area contributed by atoms with Crippen molar-refractivity contribution in [1.82, 2.24) is 9.69 Å². The van der Waals surface area contributed by atoms with Gasteiger partial charge in [0.2, 0.25) is 0 Å². The highest BCUT2D eigenvalue weighted by atomic mass is 32.1. The molecule has 0 spiro atoms. The number of aromatic nitrogens is 1. The van der Waals surface area contributed by atoms with Gasteiger partial charge in [-0.2, -0.15) is 4.37 Å². The fraction of sp³-hybridized carbons (Fsp3) is 0.571. The second-order valence-electron chi connectivity index (χ2n) is 2.17. The minimum atomic E-state index is 0.885. The predicted molar refractivity (Wildman–Crippen MR) is 44.3 cm³/mol. The van der Waals surface area contributed by atoms with E-state index in [1.54, 1.807) is 11.5 Å². The lowest BCUT2D eigenvalue weighted by molar-refractivity contribution is 0.801. The topological polar surface area (TPSA) is 24.9 Å². The predicted octanol–water partition coefficient (Wildman–Crippen LogP) is 1.42. The van der Waals surface area contributed by atoms with Crippen LogP contribution >= 0.6 is 11.5 Å². The van der Waals surface area contributed by atoms with E-state index in [0.29, 0.717) is 0 Å². The minimum Gasteiger partial charge on any atom is -0.314 e. The van der Waals surface area contributed by atoms with Crippen LogP contribution in [0.1, 0.15) is 17.5 Å². The SMILES string of the molecule is CCc1cc(CNC)ns1. The zero-order chi connectivity index (χ0) is 7.40. The van der Waals surface area contributed by atoms with E-state index in [1.165, 1.54) is 4.88 Å². The van der Waals surface area contributed by atoms with E-state index in [1.807, 2.05) is 7.05 Å². The van der Waals surface area contributed by atoms with Gasteiger partial charge in [0, 0.05) is 11.4 Å². The van der Waals surface area contributed by atoms with Crippen molar-refractivity contribution >= 4 is 11.5 Å². The molecule has 0 saturated heterocycles. The summed E-state index contributed by atoms with van der Waals surface area (Å²) in [6, 6.07) is 2.15. The maximum atomic E-state index is 4.26. The molecule has 2 nitrogen and oxygen atoms in total. The number of nitrogens with zero attached hydrogens (tertiary/aromatic N) is 1. The summed E-state index contributed by atoms with van der Waals surface area (Å²) >= 11 is 1.60. The first-order valence-corrected chi connectivity index (χ1v) is 4.23. The monoisotopic (exact) mass is 156 g/mol. The number of hydrogen-bond donors (Lipinski definition) is 1. The standard InChI is InChI=1S/C7H12N2S/c1-3-7-4-6(5-8-2)9-10-7/h4,8H,3,5H2,1-2H3. The van der Waals surface area contributed by atoms with Crippen LogP contribution < -0.4 is 5.32 Å². The summed E-state index contributed by atoms with van der Waals surface area (Å²) in [6.45, 7) is 3.03. The normalized spacial score (nSPS) is 10.2. The van der Waals surface area contributed by atoms with Crippen LogP contribution in [0.25, 0.3) is 0 Å². The molecule has 0 aromatic carbocycles. The Kier molecular flexibility index (Phi) is 2.83. The molecule has 1 heterocycles. The van der Waals surface area contributed by atoms with Gasteiger partial charge < -0.3 is 5.32 Å². The van der Waals surface area contributed by atoms with E-state index < -0.39 is 0 Å². The first kappa shape index (κ1) is 7.69. The summed E-state index contributed by atoms with van der Waals surface area (Å²) in [5.41, 5.74) is 1.16. The van der Waals surface area contributed by atoms with Crippen LogP contribution in [0.15, 0.2) is 6.07 Å². The molecular weight excluding hydrogens is 144 g/mol. The largest absolute Gasteiger partial charge is 0.314 e. The molecule has 0 aliphatic heterocycles. The zero-order valence-corrected chi connectivity index (χ0v) is 7.16. The highest BCUT2D eigenvalue weighted by molar-refractivity contribution is 7.05. The van der Waals surface area contributed by atoms with Crippen molar-refractivity contribution in [3.63, 3.8) is 0 Å². The molecule has 3 heteroatoms. The molecule has 1 aromatic heterocycles. The summed E-state index contributed by atoms with van der Waals surface area (Å²) < 4.78 is 4.26. The summed E-state index contributed by atoms with van der Waals surface area (Å²) in [5, 5.41) is 3.07. The summed E-state index contributed by atoms with van der Waals surface area (Å²) in [5.74, 6) is 0. The van der Waals surface area contributed by atoms with Crippen LogP contribution in [0.5, 0.6) is 0 Å². The molecule has 0 bridgehead atoms. The molecule has 0 aliphatic rings. The fourth-order valence-electron chi connectivity index (χ4n) is 0.787. The van der Waals surface area contributed by atoms with Gasteiger partial charge in [-0.1, -0.05) is 6.92 Å². The van der Waals surface area contributed by atoms with Crippen molar-refractivity contribution in [3.05, 3.63) is 16.6 Å². The molecule has 1 rings (SSSR count). The van der Waals surface area contributed by atoms with Crippen LogP contribution in [0.4, 0.5) is 0 Å². The lowest BCUT2D eigenvalue weighted by atomic mass is 10.3. The second kappa shape index (κ2) is 3.68. The van der Waals surface area contributed by atoms with Gasteiger partial charge in [0.1, 0.15) is 0 Å². The Labute approximate surface area is 65.4 Å². The Morgan fingerprint density at radius 2 is 2.50 bits per heavy atom. The van der Waals surface area contributed by atoms with Crippen LogP contribution in [-0.2, 0) is 13.0 Å². The van der Waals surface area contributed by atoms with E-state index >= 15 is 0 Å². The summed E-state index contributed by atoms with van der Waals surface area (Å²) in [4.78, 5) is 1.37. The van der Waals surface area contributed by atoms with Crippen molar-refractivity contribution in [3.8, 4) is 0 Å². The van der Waals surface area contributed by atoms with Gasteiger partial charge in [-0.3, -0.25) is 0 Å². The van der Waals surface area contributed by atoms with Gasteiger partial charge in [0.05, 0.1) is 5.69 Å². The van der Waals surface area contributed by atoms with Crippen molar-refractivity contribution in [2.75, 3.05) is 7.05 Å². The lowest BCUT2D eigenvalue weighted by Gasteiger charge is -1.89. The molecular formula is C7H12N2S. The Morgan fingerprint density at radius 3 is 3.00 bits per heavy atom. The van der Waals surface area contributed by atoms with Crippen molar-refractivity contribution in [1.29, 1.82) is 0 Å². The molecule has 0 radical (unpaired) electrons. The van der Waals surface area contributed by atoms with E-state index in [-0.39, 0.29) is 0 Å². The molecule has 56 valence electrons. The highest BCUT2D eigenvalue weighted by Crippen LogP contribution is 2.09. The molecule has 0 amide bonds. The first-order chi connectivity index (χ1) is 4.86. The van der Waals surface area contributed by atoms with E-state index in [9.17, 15) is 0 Å².